The van der Waals surface area contributed by atoms with Crippen LogP contribution in [0.2, 0.25) is 0 Å². The highest BCUT2D eigenvalue weighted by molar-refractivity contribution is 7.14. The number of anilines is 1. The number of thiophene rings is 1. The van der Waals surface area contributed by atoms with Crippen molar-refractivity contribution in [3.05, 3.63) is 17.0 Å². The van der Waals surface area contributed by atoms with Crippen molar-refractivity contribution in [1.29, 1.82) is 0 Å². The van der Waals surface area contributed by atoms with Crippen molar-refractivity contribution < 1.29 is 4.74 Å². The van der Waals surface area contributed by atoms with Gasteiger partial charge in [0.15, 0.2) is 0 Å². The van der Waals surface area contributed by atoms with E-state index in [4.69, 9.17) is 10.5 Å². The smallest absolute Gasteiger partial charge is 0.149 e. The fourth-order valence-electron chi connectivity index (χ4n) is 1.76. The average Bonchev–Trinajstić information content (AvgIpc) is 2.82. The number of nitrogen functional groups attached to an aromatic ring is 1. The van der Waals surface area contributed by atoms with E-state index < -0.39 is 0 Å². The van der Waals surface area contributed by atoms with E-state index in [1.807, 2.05) is 11.4 Å². The Bertz CT molecular complexity index is 487. The number of hydrogen-bond donors (Lipinski definition) is 2. The third-order valence-electron chi connectivity index (χ3n) is 2.49. The number of methoxy groups -OCH3 is 1. The van der Waals surface area contributed by atoms with Crippen LogP contribution in [0.3, 0.4) is 0 Å². The summed E-state index contributed by atoms with van der Waals surface area (Å²) in [5, 5.41) is 9.06. The lowest BCUT2D eigenvalue weighted by Crippen LogP contribution is -1.95. The van der Waals surface area contributed by atoms with Crippen molar-refractivity contribution >= 4 is 17.2 Å². The molecule has 0 unspecified atom stereocenters. The molecule has 0 aliphatic carbocycles. The second-order valence-electron chi connectivity index (χ2n) is 3.87. The van der Waals surface area contributed by atoms with Gasteiger partial charge in [-0.1, -0.05) is 13.8 Å². The van der Waals surface area contributed by atoms with Crippen molar-refractivity contribution in [3.63, 3.8) is 0 Å². The molecule has 0 saturated carbocycles. The first kappa shape index (κ1) is 11.0. The topological polar surface area (TPSA) is 63.9 Å². The lowest BCUT2D eigenvalue weighted by molar-refractivity contribution is 0.418. The van der Waals surface area contributed by atoms with Crippen LogP contribution in [-0.4, -0.2) is 17.3 Å². The second kappa shape index (κ2) is 4.17. The number of nitrogens with two attached hydrogens (primary N) is 1. The maximum atomic E-state index is 5.86. The first-order valence-electron chi connectivity index (χ1n) is 5.10. The van der Waals surface area contributed by atoms with Crippen molar-refractivity contribution in [2.24, 2.45) is 0 Å². The summed E-state index contributed by atoms with van der Waals surface area (Å²) < 4.78 is 5.31. The average molecular weight is 237 g/mol. The third kappa shape index (κ3) is 1.67. The first-order chi connectivity index (χ1) is 7.65. The van der Waals surface area contributed by atoms with Gasteiger partial charge in [-0.25, -0.2) is 0 Å². The van der Waals surface area contributed by atoms with Gasteiger partial charge < -0.3 is 10.5 Å². The van der Waals surface area contributed by atoms with Gasteiger partial charge in [0.1, 0.15) is 11.6 Å². The van der Waals surface area contributed by atoms with Crippen LogP contribution in [-0.2, 0) is 0 Å². The number of H-pyrrole nitrogens is 1. The first-order valence-corrected chi connectivity index (χ1v) is 5.98. The predicted molar refractivity (Wildman–Crippen MR) is 67.0 cm³/mol. The van der Waals surface area contributed by atoms with Gasteiger partial charge >= 0.3 is 0 Å². The Morgan fingerprint density at radius 3 is 2.88 bits per heavy atom. The maximum absolute atomic E-state index is 5.86. The minimum atomic E-state index is 0.334. The third-order valence-corrected chi connectivity index (χ3v) is 3.40. The highest BCUT2D eigenvalue weighted by atomic mass is 32.1. The van der Waals surface area contributed by atoms with Gasteiger partial charge in [-0.2, -0.15) is 5.10 Å². The molecular formula is C11H15N3OS. The van der Waals surface area contributed by atoms with Crippen molar-refractivity contribution in [2.75, 3.05) is 12.8 Å². The standard InChI is InChI=1S/C11H15N3OS/c1-6(2)8-9(13-14-11(8)12)10-7(15-3)4-5-16-10/h4-6H,1-3H3,(H3,12,13,14). The summed E-state index contributed by atoms with van der Waals surface area (Å²) in [5.74, 6) is 1.76. The van der Waals surface area contributed by atoms with E-state index in [9.17, 15) is 0 Å². The molecule has 0 saturated heterocycles. The zero-order valence-electron chi connectivity index (χ0n) is 9.57. The molecule has 5 heteroatoms. The minimum Gasteiger partial charge on any atom is -0.495 e. The molecule has 3 N–H and O–H groups in total. The van der Waals surface area contributed by atoms with Crippen LogP contribution in [0.15, 0.2) is 11.4 Å². The summed E-state index contributed by atoms with van der Waals surface area (Å²) in [4.78, 5) is 1.05. The van der Waals surface area contributed by atoms with Gasteiger partial charge in [0.05, 0.1) is 17.7 Å². The second-order valence-corrected chi connectivity index (χ2v) is 4.79. The molecule has 2 heterocycles. The van der Waals surface area contributed by atoms with E-state index in [0.717, 1.165) is 21.9 Å². The Balaban J connectivity index is 2.56. The van der Waals surface area contributed by atoms with Gasteiger partial charge in [-0.3, -0.25) is 5.10 Å². The molecule has 0 aromatic carbocycles. The summed E-state index contributed by atoms with van der Waals surface area (Å²) in [6.07, 6.45) is 0. The molecule has 86 valence electrons. The van der Waals surface area contributed by atoms with E-state index in [0.29, 0.717) is 11.7 Å². The lowest BCUT2D eigenvalue weighted by atomic mass is 10.0. The molecule has 2 rings (SSSR count). The zero-order valence-corrected chi connectivity index (χ0v) is 10.4. The Morgan fingerprint density at radius 1 is 1.50 bits per heavy atom. The van der Waals surface area contributed by atoms with Crippen molar-refractivity contribution in [1.82, 2.24) is 10.2 Å². The van der Waals surface area contributed by atoms with Gasteiger partial charge in [-0.05, 0) is 17.4 Å². The van der Waals surface area contributed by atoms with Crippen LogP contribution in [0.25, 0.3) is 10.6 Å². The zero-order chi connectivity index (χ0) is 11.7. The largest absolute Gasteiger partial charge is 0.495 e. The van der Waals surface area contributed by atoms with Crippen LogP contribution in [0.5, 0.6) is 5.75 Å². The van der Waals surface area contributed by atoms with E-state index in [-0.39, 0.29) is 0 Å². The molecule has 0 fully saturated rings. The predicted octanol–water partition coefficient (Wildman–Crippen LogP) is 2.85. The molecular weight excluding hydrogens is 222 g/mol. The number of ether oxygens (including phenoxy) is 1. The fourth-order valence-corrected chi connectivity index (χ4v) is 2.63. The monoisotopic (exact) mass is 237 g/mol. The molecule has 2 aromatic rings. The summed E-state index contributed by atoms with van der Waals surface area (Å²) in [6.45, 7) is 4.20. The summed E-state index contributed by atoms with van der Waals surface area (Å²) in [5.41, 5.74) is 7.89. The number of aromatic amines is 1. The molecule has 0 radical (unpaired) electrons. The Hall–Kier alpha value is -1.49. The summed E-state index contributed by atoms with van der Waals surface area (Å²) in [6, 6.07) is 1.95. The van der Waals surface area contributed by atoms with Crippen LogP contribution in [0, 0.1) is 0 Å². The van der Waals surface area contributed by atoms with Gasteiger partial charge in [0.2, 0.25) is 0 Å². The highest BCUT2D eigenvalue weighted by Gasteiger charge is 2.19. The van der Waals surface area contributed by atoms with E-state index in [1.54, 1.807) is 18.4 Å². The molecule has 4 nitrogen and oxygen atoms in total. The molecule has 0 aliphatic heterocycles. The van der Waals surface area contributed by atoms with Gasteiger partial charge in [0.25, 0.3) is 0 Å². The van der Waals surface area contributed by atoms with E-state index in [1.165, 1.54) is 0 Å². The van der Waals surface area contributed by atoms with Crippen molar-refractivity contribution in [2.45, 2.75) is 19.8 Å². The molecule has 2 aromatic heterocycles. The quantitative estimate of drug-likeness (QED) is 0.862. The van der Waals surface area contributed by atoms with Gasteiger partial charge in [-0.15, -0.1) is 11.3 Å². The van der Waals surface area contributed by atoms with E-state index >= 15 is 0 Å². The number of rotatable bonds is 3. The molecule has 16 heavy (non-hydrogen) atoms. The summed E-state index contributed by atoms with van der Waals surface area (Å²) >= 11 is 1.62. The maximum Gasteiger partial charge on any atom is 0.149 e. The number of nitrogens with one attached hydrogen (secondary N) is 1. The minimum absolute atomic E-state index is 0.334. The fraction of sp³-hybridized carbons (Fsp3) is 0.364. The Labute approximate surface area is 98.4 Å². The van der Waals surface area contributed by atoms with E-state index in [2.05, 4.69) is 24.0 Å². The number of nitrogens with zero attached hydrogens (tertiary/aromatic N) is 1. The molecule has 0 bridgehead atoms. The molecule has 0 atom stereocenters. The highest BCUT2D eigenvalue weighted by Crippen LogP contribution is 2.39. The Kier molecular flexibility index (Phi) is 2.87. The summed E-state index contributed by atoms with van der Waals surface area (Å²) in [7, 11) is 1.67. The van der Waals surface area contributed by atoms with Crippen LogP contribution in [0.4, 0.5) is 5.82 Å². The van der Waals surface area contributed by atoms with Crippen LogP contribution in [0.1, 0.15) is 25.3 Å². The van der Waals surface area contributed by atoms with Crippen LogP contribution < -0.4 is 10.5 Å². The van der Waals surface area contributed by atoms with Crippen LogP contribution >= 0.6 is 11.3 Å². The molecule has 0 spiro atoms. The molecule has 0 amide bonds. The Morgan fingerprint density at radius 2 is 2.25 bits per heavy atom. The van der Waals surface area contributed by atoms with Crippen molar-refractivity contribution in [3.8, 4) is 16.3 Å². The number of aromatic nitrogens is 2. The normalized spacial score (nSPS) is 11.0. The lowest BCUT2D eigenvalue weighted by Gasteiger charge is -2.07. The SMILES string of the molecule is COc1ccsc1-c1[nH]nc(N)c1C(C)C. The van der Waals surface area contributed by atoms with Gasteiger partial charge in [0, 0.05) is 5.56 Å². The molecule has 0 aliphatic rings. The number of hydrogen-bond acceptors (Lipinski definition) is 4.